The molecule has 1 N–H and O–H groups in total. The molecule has 1 aliphatic rings. The van der Waals surface area contributed by atoms with Gasteiger partial charge in [0.25, 0.3) is 0 Å². The van der Waals surface area contributed by atoms with Crippen LogP contribution in [-0.2, 0) is 0 Å². The molecule has 0 aliphatic carbocycles. The van der Waals surface area contributed by atoms with Gasteiger partial charge in [-0.05, 0) is 56.4 Å². The summed E-state index contributed by atoms with van der Waals surface area (Å²) in [4.78, 5) is 13.5. The van der Waals surface area contributed by atoms with Crippen LogP contribution in [0.2, 0.25) is 0 Å². The molecule has 0 amide bonds. The zero-order valence-corrected chi connectivity index (χ0v) is 11.7. The van der Waals surface area contributed by atoms with E-state index in [0.717, 1.165) is 17.5 Å². The van der Waals surface area contributed by atoms with E-state index in [1.807, 2.05) is 19.1 Å². The van der Waals surface area contributed by atoms with Gasteiger partial charge in [0.15, 0.2) is 0 Å². The third kappa shape index (κ3) is 1.88. The van der Waals surface area contributed by atoms with Gasteiger partial charge in [-0.25, -0.2) is 4.79 Å². The van der Waals surface area contributed by atoms with Crippen LogP contribution in [0.5, 0.6) is 0 Å². The normalized spacial score (nSPS) is 21.6. The van der Waals surface area contributed by atoms with Crippen molar-refractivity contribution in [2.45, 2.75) is 45.6 Å². The molecule has 0 bridgehead atoms. The number of carboxylic acid groups (broad SMARTS) is 1. The van der Waals surface area contributed by atoms with E-state index in [0.29, 0.717) is 11.5 Å². The lowest BCUT2D eigenvalue weighted by Crippen LogP contribution is -2.45. The van der Waals surface area contributed by atoms with Crippen molar-refractivity contribution in [3.63, 3.8) is 0 Å². The highest BCUT2D eigenvalue weighted by molar-refractivity contribution is 5.90. The zero-order valence-electron chi connectivity index (χ0n) is 11.7. The maximum Gasteiger partial charge on any atom is 0.335 e. The number of nitrogens with zero attached hydrogens (tertiary/aromatic N) is 1. The van der Waals surface area contributed by atoms with Gasteiger partial charge in [-0.3, -0.25) is 0 Å². The molecular weight excluding hydrogens is 226 g/mol. The van der Waals surface area contributed by atoms with Crippen LogP contribution in [0, 0.1) is 6.92 Å². The van der Waals surface area contributed by atoms with Gasteiger partial charge in [0.2, 0.25) is 0 Å². The lowest BCUT2D eigenvalue weighted by atomic mass is 9.79. The van der Waals surface area contributed by atoms with Crippen LogP contribution in [-0.4, -0.2) is 23.7 Å². The van der Waals surface area contributed by atoms with E-state index in [2.05, 4.69) is 32.7 Å². The first-order valence-corrected chi connectivity index (χ1v) is 6.35. The van der Waals surface area contributed by atoms with E-state index in [1.165, 1.54) is 5.69 Å². The fourth-order valence-corrected chi connectivity index (χ4v) is 2.95. The molecule has 0 saturated carbocycles. The first-order valence-electron chi connectivity index (χ1n) is 6.35. The smallest absolute Gasteiger partial charge is 0.335 e. The molecule has 1 atom stereocenters. The summed E-state index contributed by atoms with van der Waals surface area (Å²) < 4.78 is 0. The number of carboxylic acids is 1. The molecule has 98 valence electrons. The van der Waals surface area contributed by atoms with Crippen LogP contribution < -0.4 is 4.90 Å². The van der Waals surface area contributed by atoms with Crippen LogP contribution in [0.3, 0.4) is 0 Å². The second kappa shape index (κ2) is 4.01. The number of rotatable bonds is 1. The Bertz CT molecular complexity index is 505. The number of anilines is 1. The Balaban J connectivity index is 2.62. The van der Waals surface area contributed by atoms with Gasteiger partial charge in [-0.2, -0.15) is 0 Å². The number of hydrogen-bond acceptors (Lipinski definition) is 2. The predicted octanol–water partition coefficient (Wildman–Crippen LogP) is 3.42. The molecule has 1 aromatic carbocycles. The van der Waals surface area contributed by atoms with Crippen molar-refractivity contribution in [1.82, 2.24) is 0 Å². The van der Waals surface area contributed by atoms with Crippen LogP contribution in [0.4, 0.5) is 5.69 Å². The lowest BCUT2D eigenvalue weighted by Gasteiger charge is -2.45. The van der Waals surface area contributed by atoms with Gasteiger partial charge in [-0.15, -0.1) is 0 Å². The third-order valence-electron chi connectivity index (χ3n) is 4.21. The number of benzene rings is 1. The van der Waals surface area contributed by atoms with Crippen molar-refractivity contribution < 1.29 is 9.90 Å². The summed E-state index contributed by atoms with van der Waals surface area (Å²) >= 11 is 0. The van der Waals surface area contributed by atoms with E-state index < -0.39 is 5.97 Å². The van der Waals surface area contributed by atoms with E-state index in [4.69, 9.17) is 0 Å². The van der Waals surface area contributed by atoms with Crippen molar-refractivity contribution in [1.29, 1.82) is 0 Å². The van der Waals surface area contributed by atoms with Crippen molar-refractivity contribution in [3.8, 4) is 0 Å². The molecule has 1 aromatic rings. The summed E-state index contributed by atoms with van der Waals surface area (Å²) in [7, 11) is 2.09. The number of aromatic carboxylic acids is 1. The molecule has 3 heteroatoms. The molecule has 0 spiro atoms. The second-order valence-corrected chi connectivity index (χ2v) is 6.01. The van der Waals surface area contributed by atoms with Crippen molar-refractivity contribution in [2.24, 2.45) is 0 Å². The molecular formula is C15H21NO2. The molecule has 2 rings (SSSR count). The maximum atomic E-state index is 11.2. The molecule has 0 aromatic heterocycles. The fraction of sp³-hybridized carbons (Fsp3) is 0.533. The van der Waals surface area contributed by atoms with Crippen molar-refractivity contribution >= 4 is 11.7 Å². The maximum absolute atomic E-state index is 11.2. The summed E-state index contributed by atoms with van der Waals surface area (Å²) in [5, 5.41) is 9.21. The zero-order chi connectivity index (χ0) is 13.7. The lowest BCUT2D eigenvalue weighted by molar-refractivity contribution is 0.0696. The quantitative estimate of drug-likeness (QED) is 0.826. The highest BCUT2D eigenvalue weighted by atomic mass is 16.4. The van der Waals surface area contributed by atoms with Crippen molar-refractivity contribution in [2.75, 3.05) is 11.9 Å². The Kier molecular flexibility index (Phi) is 2.88. The fourth-order valence-electron chi connectivity index (χ4n) is 2.95. The molecule has 0 radical (unpaired) electrons. The minimum absolute atomic E-state index is 0.115. The Morgan fingerprint density at radius 3 is 2.61 bits per heavy atom. The average molecular weight is 247 g/mol. The van der Waals surface area contributed by atoms with Gasteiger partial charge < -0.3 is 10.0 Å². The highest BCUT2D eigenvalue weighted by Crippen LogP contribution is 2.43. The Morgan fingerprint density at radius 2 is 2.06 bits per heavy atom. The van der Waals surface area contributed by atoms with Gasteiger partial charge in [-0.1, -0.05) is 6.92 Å². The topological polar surface area (TPSA) is 40.5 Å². The van der Waals surface area contributed by atoms with Crippen LogP contribution in [0.15, 0.2) is 12.1 Å². The van der Waals surface area contributed by atoms with Crippen LogP contribution in [0.25, 0.3) is 0 Å². The number of carbonyl (C=O) groups is 1. The molecule has 0 unspecified atom stereocenters. The van der Waals surface area contributed by atoms with Crippen LogP contribution in [0.1, 0.15) is 54.6 Å². The molecule has 1 heterocycles. The van der Waals surface area contributed by atoms with E-state index >= 15 is 0 Å². The van der Waals surface area contributed by atoms with Crippen LogP contribution >= 0.6 is 0 Å². The molecule has 0 fully saturated rings. The van der Waals surface area contributed by atoms with Crippen molar-refractivity contribution in [3.05, 3.63) is 28.8 Å². The Morgan fingerprint density at radius 1 is 1.44 bits per heavy atom. The second-order valence-electron chi connectivity index (χ2n) is 6.01. The molecule has 3 nitrogen and oxygen atoms in total. The summed E-state index contributed by atoms with van der Waals surface area (Å²) in [6.07, 6.45) is 1.04. The first-order chi connectivity index (χ1) is 8.24. The third-order valence-corrected chi connectivity index (χ3v) is 4.21. The van der Waals surface area contributed by atoms with Gasteiger partial charge in [0.1, 0.15) is 0 Å². The average Bonchev–Trinajstić information content (AvgIpc) is 2.24. The van der Waals surface area contributed by atoms with Gasteiger partial charge >= 0.3 is 5.97 Å². The molecule has 18 heavy (non-hydrogen) atoms. The summed E-state index contributed by atoms with van der Waals surface area (Å²) in [6, 6.07) is 3.86. The summed E-state index contributed by atoms with van der Waals surface area (Å²) in [5.41, 5.74) is 3.69. The number of aryl methyl sites for hydroxylation is 1. The van der Waals surface area contributed by atoms with E-state index in [9.17, 15) is 9.90 Å². The SMILES string of the molecule is Cc1cc2c(cc1C(=O)O)[C@H](C)CC(C)(C)N2C. The van der Waals surface area contributed by atoms with E-state index in [1.54, 1.807) is 0 Å². The summed E-state index contributed by atoms with van der Waals surface area (Å²) in [5.74, 6) is -0.445. The minimum atomic E-state index is -0.838. The number of hydrogen-bond donors (Lipinski definition) is 1. The Labute approximate surface area is 108 Å². The monoisotopic (exact) mass is 247 g/mol. The molecule has 0 saturated heterocycles. The van der Waals surface area contributed by atoms with E-state index in [-0.39, 0.29) is 5.54 Å². The minimum Gasteiger partial charge on any atom is -0.478 e. The van der Waals surface area contributed by atoms with Gasteiger partial charge in [0.05, 0.1) is 5.56 Å². The van der Waals surface area contributed by atoms with Gasteiger partial charge in [0, 0.05) is 18.3 Å². The Hall–Kier alpha value is -1.51. The standard InChI is InChI=1S/C15H21NO2/c1-9-6-13-11(7-12(9)14(17)18)10(2)8-15(3,4)16(13)5/h6-7,10H,8H2,1-5H3,(H,17,18)/t10-/m1/s1. The largest absolute Gasteiger partial charge is 0.478 e. The summed E-state index contributed by atoms with van der Waals surface area (Å²) in [6.45, 7) is 8.50. The number of fused-ring (bicyclic) bond motifs is 1. The highest BCUT2D eigenvalue weighted by Gasteiger charge is 2.34. The first kappa shape index (κ1) is 12.9. The molecule has 1 aliphatic heterocycles. The predicted molar refractivity (Wildman–Crippen MR) is 73.7 cm³/mol.